The fourth-order valence-electron chi connectivity index (χ4n) is 3.59. The summed E-state index contributed by atoms with van der Waals surface area (Å²) >= 11 is 0. The Morgan fingerprint density at radius 3 is 2.57 bits per heavy atom. The van der Waals surface area contributed by atoms with Crippen LogP contribution in [0.5, 0.6) is 5.75 Å². The highest BCUT2D eigenvalue weighted by Gasteiger charge is 2.25. The third kappa shape index (κ3) is 6.88. The molecule has 2 rings (SSSR count). The van der Waals surface area contributed by atoms with E-state index in [9.17, 15) is 14.9 Å². The lowest BCUT2D eigenvalue weighted by atomic mass is 10.0. The minimum atomic E-state index is -0.662. The fourth-order valence-corrected chi connectivity index (χ4v) is 3.59. The summed E-state index contributed by atoms with van der Waals surface area (Å²) in [6.07, 6.45) is 1.88. The van der Waals surface area contributed by atoms with Crippen molar-refractivity contribution in [2.24, 2.45) is 7.05 Å². The maximum absolute atomic E-state index is 12.5. The third-order valence-corrected chi connectivity index (χ3v) is 5.37. The number of nitrogen functional groups attached to an aromatic ring is 1. The summed E-state index contributed by atoms with van der Waals surface area (Å²) in [6.45, 7) is 12.5. The molecule has 11 heteroatoms. The predicted molar refractivity (Wildman–Crippen MR) is 138 cm³/mol. The lowest BCUT2D eigenvalue weighted by Gasteiger charge is -2.24. The molecule has 0 spiro atoms. The summed E-state index contributed by atoms with van der Waals surface area (Å²) in [6, 6.07) is 3.79. The summed E-state index contributed by atoms with van der Waals surface area (Å²) in [4.78, 5) is 30.1. The van der Waals surface area contributed by atoms with Gasteiger partial charge in [-0.3, -0.25) is 4.68 Å². The number of hydrogen-bond donors (Lipinski definition) is 1. The molecular weight excluding hydrogens is 476 g/mol. The molecule has 1 atom stereocenters. The number of nitrogens with zero attached hydrogens (tertiary/aromatic N) is 5. The standard InChI is InChI=1S/C26H34N6O5/c1-10-18(15(2)24(33)35-9)16(3)36-21-11-17(13-29-23(21)28)22-19(30-32(8)20(22)12-27)14-31(7)25(34)37-26(4,5)6/h10-11,13,16H,1,14H2,2-9H3,(H2,28,29). The lowest BCUT2D eigenvalue weighted by Crippen LogP contribution is -2.34. The molecule has 2 aromatic heterocycles. The maximum Gasteiger partial charge on any atom is 0.410 e. The van der Waals surface area contributed by atoms with Gasteiger partial charge in [-0.05, 0) is 40.7 Å². The Labute approximate surface area is 217 Å². The van der Waals surface area contributed by atoms with Crippen LogP contribution in [0.1, 0.15) is 46.0 Å². The number of methoxy groups -OCH3 is 1. The monoisotopic (exact) mass is 510 g/mol. The normalized spacial score (nSPS) is 12.6. The van der Waals surface area contributed by atoms with E-state index < -0.39 is 23.8 Å². The minimum Gasteiger partial charge on any atom is -0.482 e. The fraction of sp³-hybridized carbons (Fsp3) is 0.423. The molecule has 0 aliphatic carbocycles. The van der Waals surface area contributed by atoms with Gasteiger partial charge in [0.1, 0.15) is 23.5 Å². The van der Waals surface area contributed by atoms with E-state index >= 15 is 0 Å². The third-order valence-electron chi connectivity index (χ3n) is 5.37. The number of nitriles is 1. The number of rotatable bonds is 8. The van der Waals surface area contributed by atoms with Crippen molar-refractivity contribution in [2.75, 3.05) is 19.9 Å². The van der Waals surface area contributed by atoms with E-state index in [4.69, 9.17) is 19.9 Å². The number of esters is 1. The summed E-state index contributed by atoms with van der Waals surface area (Å²) < 4.78 is 17.7. The van der Waals surface area contributed by atoms with Crippen molar-refractivity contribution in [1.82, 2.24) is 19.7 Å². The molecule has 0 saturated carbocycles. The minimum absolute atomic E-state index is 0.0818. The number of aryl methyl sites for hydroxylation is 1. The number of carbonyl (C=O) groups is 2. The number of pyridine rings is 1. The molecule has 0 aliphatic heterocycles. The van der Waals surface area contributed by atoms with Crippen LogP contribution in [-0.4, -0.2) is 57.6 Å². The first kappa shape index (κ1) is 28.9. The van der Waals surface area contributed by atoms with E-state index in [0.717, 1.165) is 0 Å². The topological polar surface area (TPSA) is 146 Å². The molecule has 37 heavy (non-hydrogen) atoms. The Balaban J connectivity index is 2.50. The number of aromatic nitrogens is 3. The highest BCUT2D eigenvalue weighted by atomic mass is 16.6. The summed E-state index contributed by atoms with van der Waals surface area (Å²) in [5.74, 6) is -0.149. The predicted octanol–water partition coefficient (Wildman–Crippen LogP) is 3.75. The van der Waals surface area contributed by atoms with Gasteiger partial charge in [-0.2, -0.15) is 10.4 Å². The second-order valence-corrected chi connectivity index (χ2v) is 9.39. The van der Waals surface area contributed by atoms with Crippen LogP contribution >= 0.6 is 0 Å². The van der Waals surface area contributed by atoms with Crippen molar-refractivity contribution in [3.63, 3.8) is 0 Å². The van der Waals surface area contributed by atoms with E-state index in [1.165, 1.54) is 29.0 Å². The van der Waals surface area contributed by atoms with Gasteiger partial charge in [0, 0.05) is 42.6 Å². The van der Waals surface area contributed by atoms with Gasteiger partial charge in [0.15, 0.2) is 11.6 Å². The number of carbonyl (C=O) groups excluding carboxylic acids is 2. The zero-order chi connectivity index (χ0) is 28.1. The first-order valence-corrected chi connectivity index (χ1v) is 11.5. The number of anilines is 1. The van der Waals surface area contributed by atoms with E-state index in [-0.39, 0.29) is 23.8 Å². The van der Waals surface area contributed by atoms with Gasteiger partial charge in [0.2, 0.25) is 0 Å². The van der Waals surface area contributed by atoms with Crippen molar-refractivity contribution in [3.05, 3.63) is 47.5 Å². The summed E-state index contributed by atoms with van der Waals surface area (Å²) in [5.41, 5.74) is 8.03. The van der Waals surface area contributed by atoms with Gasteiger partial charge < -0.3 is 24.8 Å². The molecule has 2 N–H and O–H groups in total. The zero-order valence-corrected chi connectivity index (χ0v) is 22.6. The first-order valence-electron chi connectivity index (χ1n) is 11.5. The molecule has 1 amide bonds. The van der Waals surface area contributed by atoms with E-state index in [1.807, 2.05) is 0 Å². The number of amides is 1. The molecule has 11 nitrogen and oxygen atoms in total. The van der Waals surface area contributed by atoms with Crippen molar-refractivity contribution in [3.8, 4) is 22.9 Å². The van der Waals surface area contributed by atoms with Crippen molar-refractivity contribution in [1.29, 1.82) is 5.26 Å². The zero-order valence-electron chi connectivity index (χ0n) is 22.6. The van der Waals surface area contributed by atoms with E-state index in [1.54, 1.807) is 54.8 Å². The van der Waals surface area contributed by atoms with Crippen molar-refractivity contribution in [2.45, 2.75) is 52.9 Å². The van der Waals surface area contributed by atoms with Crippen LogP contribution in [0.4, 0.5) is 10.6 Å². The van der Waals surface area contributed by atoms with Gasteiger partial charge in [0.05, 0.1) is 19.3 Å². The molecular formula is C26H34N6O5. The van der Waals surface area contributed by atoms with Crippen molar-refractivity contribution >= 4 is 17.9 Å². The van der Waals surface area contributed by atoms with Gasteiger partial charge in [-0.1, -0.05) is 12.7 Å². The second-order valence-electron chi connectivity index (χ2n) is 9.39. The van der Waals surface area contributed by atoms with Crippen LogP contribution in [-0.2, 0) is 27.9 Å². The lowest BCUT2D eigenvalue weighted by molar-refractivity contribution is -0.136. The van der Waals surface area contributed by atoms with Crippen molar-refractivity contribution < 1.29 is 23.8 Å². The molecule has 0 aliphatic rings. The van der Waals surface area contributed by atoms with Crippen LogP contribution in [0.15, 0.2) is 36.1 Å². The van der Waals surface area contributed by atoms with E-state index in [2.05, 4.69) is 22.7 Å². The summed E-state index contributed by atoms with van der Waals surface area (Å²) in [7, 11) is 4.52. The molecule has 2 heterocycles. The summed E-state index contributed by atoms with van der Waals surface area (Å²) in [5, 5.41) is 14.3. The SMILES string of the molecule is C=CC(=C(C)C(=O)OC)C(C)Oc1cc(-c2c(CN(C)C(=O)OC(C)(C)C)nn(C)c2C#N)cnc1N. The van der Waals surface area contributed by atoms with Crippen LogP contribution in [0.3, 0.4) is 0 Å². The molecule has 0 bridgehead atoms. The first-order chi connectivity index (χ1) is 17.2. The van der Waals surface area contributed by atoms with Gasteiger partial charge in [0.25, 0.3) is 0 Å². The molecule has 0 fully saturated rings. The smallest absolute Gasteiger partial charge is 0.410 e. The Kier molecular flexibility index (Phi) is 9.06. The number of nitrogens with two attached hydrogens (primary N) is 1. The van der Waals surface area contributed by atoms with Crippen LogP contribution in [0, 0.1) is 11.3 Å². The number of hydrogen-bond acceptors (Lipinski definition) is 9. The molecule has 0 aromatic carbocycles. The highest BCUT2D eigenvalue weighted by molar-refractivity contribution is 5.89. The molecule has 198 valence electrons. The average molecular weight is 511 g/mol. The van der Waals surface area contributed by atoms with E-state index in [0.29, 0.717) is 28.0 Å². The Morgan fingerprint density at radius 2 is 2.03 bits per heavy atom. The van der Waals surface area contributed by atoms with Gasteiger partial charge >= 0.3 is 12.1 Å². The van der Waals surface area contributed by atoms with Crippen LogP contribution in [0.25, 0.3) is 11.1 Å². The molecule has 0 saturated heterocycles. The molecule has 2 aromatic rings. The Bertz CT molecular complexity index is 1270. The van der Waals surface area contributed by atoms with Crippen LogP contribution < -0.4 is 10.5 Å². The Hall–Kier alpha value is -4.33. The van der Waals surface area contributed by atoms with Gasteiger partial charge in [-0.15, -0.1) is 0 Å². The maximum atomic E-state index is 12.5. The quantitative estimate of drug-likeness (QED) is 0.319. The Morgan fingerprint density at radius 1 is 1.38 bits per heavy atom. The average Bonchev–Trinajstić information content (AvgIpc) is 3.13. The molecule has 1 unspecified atom stereocenters. The largest absolute Gasteiger partial charge is 0.482 e. The number of ether oxygens (including phenoxy) is 3. The second kappa shape index (κ2) is 11.6. The molecule has 0 radical (unpaired) electrons. The van der Waals surface area contributed by atoms with Crippen LogP contribution in [0.2, 0.25) is 0 Å². The van der Waals surface area contributed by atoms with Gasteiger partial charge in [-0.25, -0.2) is 14.6 Å². The highest BCUT2D eigenvalue weighted by Crippen LogP contribution is 2.33.